The maximum Gasteiger partial charge on any atom is 0.328 e. The molecule has 2 rings (SSSR count). The van der Waals surface area contributed by atoms with E-state index in [1.807, 2.05) is 25.1 Å². The van der Waals surface area contributed by atoms with Gasteiger partial charge in [-0.25, -0.2) is 4.79 Å². The fraction of sp³-hybridized carbons (Fsp3) is 0.333. The number of benzene rings is 1. The van der Waals surface area contributed by atoms with Gasteiger partial charge in [-0.2, -0.15) is 0 Å². The van der Waals surface area contributed by atoms with Gasteiger partial charge in [0.1, 0.15) is 0 Å². The molecular weight excluding hydrogens is 256 g/mol. The summed E-state index contributed by atoms with van der Waals surface area (Å²) in [6.07, 6.45) is 3.61. The third-order valence-corrected chi connectivity index (χ3v) is 3.24. The molecule has 1 aliphatic heterocycles. The minimum atomic E-state index is -0.962. The molecule has 5 nitrogen and oxygen atoms in total. The molecule has 106 valence electrons. The van der Waals surface area contributed by atoms with Crippen LogP contribution in [0.2, 0.25) is 0 Å². The SMILES string of the molecule is Cc1cc(C=CC(=O)O)ccc1N1CCCNC(=O)C1. The minimum absolute atomic E-state index is 0.0387. The standard InChI is InChI=1S/C15H18N2O3/c1-11-9-12(4-6-15(19)20)3-5-13(11)17-8-2-7-16-14(18)10-17/h3-6,9H,2,7-8,10H2,1H3,(H,16,18)(H,19,20). The van der Waals surface area contributed by atoms with Crippen molar-refractivity contribution in [2.24, 2.45) is 0 Å². The summed E-state index contributed by atoms with van der Waals surface area (Å²) in [6, 6.07) is 5.73. The number of carboxylic acid groups (broad SMARTS) is 1. The van der Waals surface area contributed by atoms with Gasteiger partial charge in [-0.3, -0.25) is 4.79 Å². The molecule has 0 saturated carbocycles. The fourth-order valence-electron chi connectivity index (χ4n) is 2.32. The number of nitrogens with one attached hydrogen (secondary N) is 1. The summed E-state index contributed by atoms with van der Waals surface area (Å²) in [7, 11) is 0. The number of carbonyl (C=O) groups excluding carboxylic acids is 1. The summed E-state index contributed by atoms with van der Waals surface area (Å²) in [4.78, 5) is 24.2. The van der Waals surface area contributed by atoms with E-state index in [0.717, 1.165) is 35.9 Å². The number of hydrogen-bond donors (Lipinski definition) is 2. The number of rotatable bonds is 3. The Bertz CT molecular complexity index is 552. The average Bonchev–Trinajstić information content (AvgIpc) is 2.61. The minimum Gasteiger partial charge on any atom is -0.478 e. The van der Waals surface area contributed by atoms with E-state index in [2.05, 4.69) is 10.2 Å². The van der Waals surface area contributed by atoms with E-state index in [1.165, 1.54) is 0 Å². The molecule has 0 aromatic heterocycles. The molecule has 1 aromatic rings. The van der Waals surface area contributed by atoms with Crippen LogP contribution in [0.15, 0.2) is 24.3 Å². The van der Waals surface area contributed by atoms with Crippen LogP contribution in [0.25, 0.3) is 6.08 Å². The van der Waals surface area contributed by atoms with Gasteiger partial charge in [-0.05, 0) is 42.7 Å². The Hall–Kier alpha value is -2.30. The van der Waals surface area contributed by atoms with Crippen molar-refractivity contribution < 1.29 is 14.7 Å². The predicted molar refractivity (Wildman–Crippen MR) is 77.7 cm³/mol. The van der Waals surface area contributed by atoms with Gasteiger partial charge >= 0.3 is 5.97 Å². The first-order valence-corrected chi connectivity index (χ1v) is 6.59. The maximum atomic E-state index is 11.6. The summed E-state index contributed by atoms with van der Waals surface area (Å²) in [6.45, 7) is 3.89. The van der Waals surface area contributed by atoms with E-state index in [-0.39, 0.29) is 5.91 Å². The summed E-state index contributed by atoms with van der Waals surface area (Å²) in [5.41, 5.74) is 2.90. The second kappa shape index (κ2) is 6.23. The van der Waals surface area contributed by atoms with E-state index in [4.69, 9.17) is 5.11 Å². The second-order valence-electron chi connectivity index (χ2n) is 4.84. The normalized spacial score (nSPS) is 16.1. The lowest BCUT2D eigenvalue weighted by Crippen LogP contribution is -2.33. The Balaban J connectivity index is 2.20. The zero-order valence-electron chi connectivity index (χ0n) is 11.4. The number of carbonyl (C=O) groups is 2. The van der Waals surface area contributed by atoms with Crippen LogP contribution in [0.4, 0.5) is 5.69 Å². The van der Waals surface area contributed by atoms with Crippen LogP contribution in [-0.2, 0) is 9.59 Å². The van der Waals surface area contributed by atoms with Gasteiger partial charge < -0.3 is 15.3 Å². The van der Waals surface area contributed by atoms with Crippen molar-refractivity contribution >= 4 is 23.6 Å². The van der Waals surface area contributed by atoms with Crippen molar-refractivity contribution in [3.05, 3.63) is 35.4 Å². The third kappa shape index (κ3) is 3.60. The molecule has 0 bridgehead atoms. The molecular formula is C15H18N2O3. The zero-order chi connectivity index (χ0) is 14.5. The molecule has 1 heterocycles. The first-order chi connectivity index (χ1) is 9.56. The first kappa shape index (κ1) is 14.1. The van der Waals surface area contributed by atoms with Gasteiger partial charge in [0.05, 0.1) is 6.54 Å². The van der Waals surface area contributed by atoms with Crippen molar-refractivity contribution in [1.29, 1.82) is 0 Å². The van der Waals surface area contributed by atoms with E-state index < -0.39 is 5.97 Å². The van der Waals surface area contributed by atoms with Crippen LogP contribution >= 0.6 is 0 Å². The highest BCUT2D eigenvalue weighted by Crippen LogP contribution is 2.22. The van der Waals surface area contributed by atoms with Gasteiger partial charge in [0.2, 0.25) is 5.91 Å². The Kier molecular flexibility index (Phi) is 4.40. The molecule has 0 unspecified atom stereocenters. The molecule has 1 fully saturated rings. The summed E-state index contributed by atoms with van der Waals surface area (Å²) >= 11 is 0. The number of nitrogens with zero attached hydrogens (tertiary/aromatic N) is 1. The highest BCUT2D eigenvalue weighted by Gasteiger charge is 2.16. The summed E-state index contributed by atoms with van der Waals surface area (Å²) in [5.74, 6) is -0.923. The Labute approximate surface area is 117 Å². The molecule has 0 atom stereocenters. The van der Waals surface area contributed by atoms with Crippen molar-refractivity contribution in [2.45, 2.75) is 13.3 Å². The number of carboxylic acids is 1. The highest BCUT2D eigenvalue weighted by molar-refractivity contribution is 5.85. The molecule has 1 aliphatic rings. The highest BCUT2D eigenvalue weighted by atomic mass is 16.4. The number of hydrogen-bond acceptors (Lipinski definition) is 3. The van der Waals surface area contributed by atoms with Crippen LogP contribution in [0.1, 0.15) is 17.5 Å². The number of anilines is 1. The van der Waals surface area contributed by atoms with E-state index in [1.54, 1.807) is 6.08 Å². The van der Waals surface area contributed by atoms with Gasteiger partial charge in [0, 0.05) is 24.9 Å². The van der Waals surface area contributed by atoms with Crippen LogP contribution in [0.3, 0.4) is 0 Å². The molecule has 5 heteroatoms. The molecule has 0 radical (unpaired) electrons. The number of aryl methyl sites for hydroxylation is 1. The molecule has 1 aromatic carbocycles. The fourth-order valence-corrected chi connectivity index (χ4v) is 2.32. The summed E-state index contributed by atoms with van der Waals surface area (Å²) in [5, 5.41) is 11.5. The van der Waals surface area contributed by atoms with E-state index >= 15 is 0 Å². The monoisotopic (exact) mass is 274 g/mol. The Morgan fingerprint density at radius 1 is 1.45 bits per heavy atom. The van der Waals surface area contributed by atoms with Crippen molar-refractivity contribution in [1.82, 2.24) is 5.32 Å². The van der Waals surface area contributed by atoms with Crippen LogP contribution in [0, 0.1) is 6.92 Å². The van der Waals surface area contributed by atoms with Crippen molar-refractivity contribution in [3.63, 3.8) is 0 Å². The molecule has 0 spiro atoms. The van der Waals surface area contributed by atoms with Gasteiger partial charge in [0.25, 0.3) is 0 Å². The van der Waals surface area contributed by atoms with E-state index in [0.29, 0.717) is 13.1 Å². The summed E-state index contributed by atoms with van der Waals surface area (Å²) < 4.78 is 0. The Morgan fingerprint density at radius 3 is 2.95 bits per heavy atom. The topological polar surface area (TPSA) is 69.6 Å². The lowest BCUT2D eigenvalue weighted by atomic mass is 10.1. The lowest BCUT2D eigenvalue weighted by molar-refractivity contribution is -0.131. The molecule has 1 amide bonds. The third-order valence-electron chi connectivity index (χ3n) is 3.24. The van der Waals surface area contributed by atoms with Crippen molar-refractivity contribution in [2.75, 3.05) is 24.5 Å². The van der Waals surface area contributed by atoms with Gasteiger partial charge in [-0.1, -0.05) is 6.07 Å². The quantitative estimate of drug-likeness (QED) is 0.818. The van der Waals surface area contributed by atoms with Gasteiger partial charge in [0.15, 0.2) is 0 Å². The maximum absolute atomic E-state index is 11.6. The zero-order valence-corrected chi connectivity index (χ0v) is 11.4. The van der Waals surface area contributed by atoms with Crippen molar-refractivity contribution in [3.8, 4) is 0 Å². The second-order valence-corrected chi connectivity index (χ2v) is 4.84. The van der Waals surface area contributed by atoms with E-state index in [9.17, 15) is 9.59 Å². The van der Waals surface area contributed by atoms with Gasteiger partial charge in [-0.15, -0.1) is 0 Å². The van der Waals surface area contributed by atoms with Crippen LogP contribution in [-0.4, -0.2) is 36.6 Å². The molecule has 2 N–H and O–H groups in total. The largest absolute Gasteiger partial charge is 0.478 e. The predicted octanol–water partition coefficient (Wildman–Crippen LogP) is 1.42. The van der Waals surface area contributed by atoms with Crippen LogP contribution in [0.5, 0.6) is 0 Å². The first-order valence-electron chi connectivity index (χ1n) is 6.59. The molecule has 1 saturated heterocycles. The number of aliphatic carboxylic acids is 1. The number of amides is 1. The lowest BCUT2D eigenvalue weighted by Gasteiger charge is -2.23. The average molecular weight is 274 g/mol. The molecule has 20 heavy (non-hydrogen) atoms. The smallest absolute Gasteiger partial charge is 0.328 e. The molecule has 0 aliphatic carbocycles. The van der Waals surface area contributed by atoms with Crippen LogP contribution < -0.4 is 10.2 Å². The Morgan fingerprint density at radius 2 is 2.25 bits per heavy atom.